The minimum atomic E-state index is 0.381. The number of piperidine rings is 1. The monoisotopic (exact) mass is 252 g/mol. The highest BCUT2D eigenvalue weighted by molar-refractivity contribution is 5.76. The van der Waals surface area contributed by atoms with Gasteiger partial charge in [-0.05, 0) is 57.3 Å². The van der Waals surface area contributed by atoms with Gasteiger partial charge in [0.25, 0.3) is 0 Å². The number of carbonyl (C=O) groups excluding carboxylic acids is 1. The molecule has 2 aliphatic rings. The lowest BCUT2D eigenvalue weighted by atomic mass is 9.83. The Morgan fingerprint density at radius 2 is 1.83 bits per heavy atom. The maximum atomic E-state index is 12.4. The second-order valence-electron chi connectivity index (χ2n) is 6.55. The van der Waals surface area contributed by atoms with Crippen molar-refractivity contribution in [3.63, 3.8) is 0 Å². The lowest BCUT2D eigenvalue weighted by Gasteiger charge is -2.38. The summed E-state index contributed by atoms with van der Waals surface area (Å²) in [6.45, 7) is 5.46. The van der Waals surface area contributed by atoms with Crippen LogP contribution in [-0.2, 0) is 4.79 Å². The molecular weight excluding hydrogens is 224 g/mol. The van der Waals surface area contributed by atoms with Crippen LogP contribution in [0, 0.1) is 11.8 Å². The molecule has 0 aromatic heterocycles. The van der Waals surface area contributed by atoms with Crippen molar-refractivity contribution >= 4 is 5.91 Å². The molecule has 2 atom stereocenters. The maximum Gasteiger partial charge on any atom is 0.223 e. The van der Waals surface area contributed by atoms with Gasteiger partial charge in [-0.1, -0.05) is 6.92 Å². The second kappa shape index (κ2) is 6.05. The summed E-state index contributed by atoms with van der Waals surface area (Å²) in [7, 11) is 0. The first-order valence-corrected chi connectivity index (χ1v) is 7.61. The number of amides is 1. The third kappa shape index (κ3) is 3.47. The fourth-order valence-electron chi connectivity index (χ4n) is 3.53. The van der Waals surface area contributed by atoms with E-state index in [0.29, 0.717) is 23.9 Å². The molecule has 18 heavy (non-hydrogen) atoms. The Hall–Kier alpha value is -0.570. The normalized spacial score (nSPS) is 37.6. The highest BCUT2D eigenvalue weighted by atomic mass is 16.2. The van der Waals surface area contributed by atoms with Crippen LogP contribution in [0.1, 0.15) is 58.8 Å². The van der Waals surface area contributed by atoms with Gasteiger partial charge in [0.2, 0.25) is 5.91 Å². The zero-order valence-electron chi connectivity index (χ0n) is 11.9. The summed E-state index contributed by atoms with van der Waals surface area (Å²) in [4.78, 5) is 14.5. The van der Waals surface area contributed by atoms with E-state index < -0.39 is 0 Å². The van der Waals surface area contributed by atoms with Crippen LogP contribution < -0.4 is 5.73 Å². The summed E-state index contributed by atoms with van der Waals surface area (Å²) in [5, 5.41) is 0. The highest BCUT2D eigenvalue weighted by Crippen LogP contribution is 2.28. The fraction of sp³-hybridized carbons (Fsp3) is 0.933. The van der Waals surface area contributed by atoms with Gasteiger partial charge in [-0.15, -0.1) is 0 Å². The van der Waals surface area contributed by atoms with Crippen molar-refractivity contribution in [2.75, 3.05) is 6.54 Å². The van der Waals surface area contributed by atoms with E-state index in [1.807, 2.05) is 0 Å². The standard InChI is InChI=1S/C15H28N2O/c1-11-7-8-17(12(2)9-11)15(18)10-13-3-5-14(16)6-4-13/h11-14H,3-10,16H2,1-2H3. The molecule has 0 bridgehead atoms. The van der Waals surface area contributed by atoms with Gasteiger partial charge in [-0.25, -0.2) is 0 Å². The van der Waals surface area contributed by atoms with Crippen molar-refractivity contribution in [3.05, 3.63) is 0 Å². The van der Waals surface area contributed by atoms with Gasteiger partial charge in [-0.3, -0.25) is 4.79 Å². The van der Waals surface area contributed by atoms with Crippen LogP contribution in [0.3, 0.4) is 0 Å². The molecule has 2 unspecified atom stereocenters. The fourth-order valence-corrected chi connectivity index (χ4v) is 3.53. The molecule has 1 saturated carbocycles. The molecule has 3 heteroatoms. The Morgan fingerprint density at radius 1 is 1.17 bits per heavy atom. The first-order valence-electron chi connectivity index (χ1n) is 7.61. The summed E-state index contributed by atoms with van der Waals surface area (Å²) in [5.74, 6) is 1.75. The average Bonchev–Trinajstić information content (AvgIpc) is 2.32. The van der Waals surface area contributed by atoms with Crippen molar-refractivity contribution in [2.24, 2.45) is 17.6 Å². The van der Waals surface area contributed by atoms with E-state index in [-0.39, 0.29) is 0 Å². The lowest BCUT2D eigenvalue weighted by Crippen LogP contribution is -2.45. The molecule has 2 rings (SSSR count). The predicted octanol–water partition coefficient (Wildman–Crippen LogP) is 2.54. The number of hydrogen-bond donors (Lipinski definition) is 1. The second-order valence-corrected chi connectivity index (χ2v) is 6.55. The van der Waals surface area contributed by atoms with Gasteiger partial charge in [-0.2, -0.15) is 0 Å². The Balaban J connectivity index is 1.80. The van der Waals surface area contributed by atoms with E-state index in [9.17, 15) is 4.79 Å². The maximum absolute atomic E-state index is 12.4. The minimum absolute atomic E-state index is 0.381. The third-order valence-corrected chi connectivity index (χ3v) is 4.81. The van der Waals surface area contributed by atoms with E-state index >= 15 is 0 Å². The van der Waals surface area contributed by atoms with Crippen molar-refractivity contribution in [1.82, 2.24) is 4.90 Å². The van der Waals surface area contributed by atoms with Crippen LogP contribution in [0.2, 0.25) is 0 Å². The molecule has 2 N–H and O–H groups in total. The van der Waals surface area contributed by atoms with Crippen LogP contribution in [0.5, 0.6) is 0 Å². The molecule has 1 heterocycles. The Labute approximate surface area is 111 Å². The molecule has 0 aromatic carbocycles. The Morgan fingerprint density at radius 3 is 2.44 bits per heavy atom. The highest BCUT2D eigenvalue weighted by Gasteiger charge is 2.29. The zero-order valence-corrected chi connectivity index (χ0v) is 11.9. The Bertz CT molecular complexity index is 284. The van der Waals surface area contributed by atoms with Gasteiger partial charge in [0.05, 0.1) is 0 Å². The van der Waals surface area contributed by atoms with Crippen LogP contribution in [0.25, 0.3) is 0 Å². The summed E-state index contributed by atoms with van der Waals surface area (Å²) in [6, 6.07) is 0.818. The van der Waals surface area contributed by atoms with E-state index in [0.717, 1.165) is 44.6 Å². The number of likely N-dealkylation sites (tertiary alicyclic amines) is 1. The number of carbonyl (C=O) groups is 1. The molecule has 1 aliphatic carbocycles. The van der Waals surface area contributed by atoms with Gasteiger partial charge < -0.3 is 10.6 Å². The summed E-state index contributed by atoms with van der Waals surface area (Å²) >= 11 is 0. The lowest BCUT2D eigenvalue weighted by molar-refractivity contribution is -0.136. The topological polar surface area (TPSA) is 46.3 Å². The number of rotatable bonds is 2. The van der Waals surface area contributed by atoms with Crippen LogP contribution >= 0.6 is 0 Å². The van der Waals surface area contributed by atoms with Gasteiger partial charge >= 0.3 is 0 Å². The molecule has 0 aromatic rings. The molecular formula is C15H28N2O. The summed E-state index contributed by atoms with van der Waals surface area (Å²) in [5.41, 5.74) is 5.91. The summed E-state index contributed by atoms with van der Waals surface area (Å²) in [6.07, 6.45) is 7.59. The molecule has 3 nitrogen and oxygen atoms in total. The van der Waals surface area contributed by atoms with Crippen LogP contribution in [0.4, 0.5) is 0 Å². The molecule has 104 valence electrons. The Kier molecular flexibility index (Phi) is 4.66. The van der Waals surface area contributed by atoms with Crippen molar-refractivity contribution in [1.29, 1.82) is 0 Å². The van der Waals surface area contributed by atoms with E-state index in [1.54, 1.807) is 0 Å². The van der Waals surface area contributed by atoms with E-state index in [4.69, 9.17) is 5.73 Å². The smallest absolute Gasteiger partial charge is 0.223 e. The quantitative estimate of drug-likeness (QED) is 0.821. The van der Waals surface area contributed by atoms with Gasteiger partial charge in [0, 0.05) is 25.0 Å². The first kappa shape index (κ1) is 13.9. The molecule has 0 spiro atoms. The van der Waals surface area contributed by atoms with Gasteiger partial charge in [0.15, 0.2) is 0 Å². The minimum Gasteiger partial charge on any atom is -0.340 e. The van der Waals surface area contributed by atoms with E-state index in [2.05, 4.69) is 18.7 Å². The molecule has 1 saturated heterocycles. The average molecular weight is 252 g/mol. The first-order chi connectivity index (χ1) is 8.56. The largest absolute Gasteiger partial charge is 0.340 e. The van der Waals surface area contributed by atoms with E-state index in [1.165, 1.54) is 12.8 Å². The third-order valence-electron chi connectivity index (χ3n) is 4.81. The van der Waals surface area contributed by atoms with Crippen LogP contribution in [-0.4, -0.2) is 29.4 Å². The molecule has 1 amide bonds. The zero-order chi connectivity index (χ0) is 13.1. The molecule has 0 radical (unpaired) electrons. The SMILES string of the molecule is CC1CCN(C(=O)CC2CCC(N)CC2)C(C)C1. The predicted molar refractivity (Wildman–Crippen MR) is 74.1 cm³/mol. The van der Waals surface area contributed by atoms with Crippen molar-refractivity contribution in [2.45, 2.75) is 70.9 Å². The number of nitrogens with two attached hydrogens (primary N) is 1. The molecule has 2 fully saturated rings. The number of hydrogen-bond acceptors (Lipinski definition) is 2. The van der Waals surface area contributed by atoms with Gasteiger partial charge in [0.1, 0.15) is 0 Å². The number of nitrogens with zero attached hydrogens (tertiary/aromatic N) is 1. The summed E-state index contributed by atoms with van der Waals surface area (Å²) < 4.78 is 0. The van der Waals surface area contributed by atoms with Crippen molar-refractivity contribution in [3.8, 4) is 0 Å². The van der Waals surface area contributed by atoms with Crippen molar-refractivity contribution < 1.29 is 4.79 Å². The molecule has 1 aliphatic heterocycles. The van der Waals surface area contributed by atoms with Crippen LogP contribution in [0.15, 0.2) is 0 Å².